The molecule has 4 aromatic carbocycles. The van der Waals surface area contributed by atoms with Crippen LogP contribution in [0.5, 0.6) is 0 Å². The van der Waals surface area contributed by atoms with Gasteiger partial charge in [-0.05, 0) is 47.3 Å². The molecule has 226 valence electrons. The van der Waals surface area contributed by atoms with Crippen LogP contribution in [-0.2, 0) is 40.9 Å². The maximum atomic E-state index is 10.6. The van der Waals surface area contributed by atoms with Crippen LogP contribution in [0.2, 0.25) is 0 Å². The van der Waals surface area contributed by atoms with E-state index >= 15 is 0 Å². The molecule has 8 nitrogen and oxygen atoms in total. The molecule has 0 bridgehead atoms. The summed E-state index contributed by atoms with van der Waals surface area (Å²) < 4.78 is 2.69. The molecule has 0 aromatic heterocycles. The van der Waals surface area contributed by atoms with Gasteiger partial charge in [-0.25, -0.2) is 0 Å². The number of aliphatic carboxylic acids is 4. The molecule has 4 aromatic rings. The van der Waals surface area contributed by atoms with E-state index in [1.807, 2.05) is 0 Å². The molecule has 0 unspecified atom stereocenters. The monoisotopic (exact) mass is 710 g/mol. The van der Waals surface area contributed by atoms with E-state index in [4.69, 9.17) is 0 Å². The molecular formula is C36H30O8Sn. The predicted octanol–water partition coefficient (Wildman–Crippen LogP) is 0.402. The van der Waals surface area contributed by atoms with Crippen molar-refractivity contribution in [3.05, 3.63) is 167 Å². The fourth-order valence-corrected chi connectivity index (χ4v) is 7.17. The third-order valence-electron chi connectivity index (χ3n) is 5.93. The Bertz CT molecular complexity index is 1430. The van der Waals surface area contributed by atoms with Gasteiger partial charge in [0, 0.05) is 0 Å². The van der Waals surface area contributed by atoms with Crippen LogP contribution in [0.1, 0.15) is 22.3 Å². The second-order valence-corrected chi connectivity index (χ2v) is 12.9. The van der Waals surface area contributed by atoms with E-state index in [1.54, 1.807) is 60.7 Å². The molecule has 0 fully saturated rings. The minimum absolute atomic E-state index is 0.0111. The number of hydrogen-bond donors (Lipinski definition) is 0. The zero-order valence-corrected chi connectivity index (χ0v) is 27.2. The summed E-state index contributed by atoms with van der Waals surface area (Å²) in [7, 11) is 0. The summed E-state index contributed by atoms with van der Waals surface area (Å²) in [5, 5.41) is 41.6. The van der Waals surface area contributed by atoms with Crippen molar-refractivity contribution in [3.8, 4) is 0 Å². The van der Waals surface area contributed by atoms with E-state index in [9.17, 15) is 39.6 Å². The number of carbonyl (C=O) groups excluding carboxylic acids is 4. The summed E-state index contributed by atoms with van der Waals surface area (Å²) in [6.45, 7) is 0. The summed E-state index contributed by atoms with van der Waals surface area (Å²) in [5.41, 5.74) is 3.82. The molecule has 0 amide bonds. The van der Waals surface area contributed by atoms with Crippen LogP contribution < -0.4 is 20.4 Å². The van der Waals surface area contributed by atoms with Crippen molar-refractivity contribution in [2.24, 2.45) is 0 Å². The Morgan fingerprint density at radius 1 is 0.444 bits per heavy atom. The van der Waals surface area contributed by atoms with Crippen molar-refractivity contribution in [1.29, 1.82) is 0 Å². The van der Waals surface area contributed by atoms with Crippen LogP contribution in [-0.4, -0.2) is 45.0 Å². The molecule has 0 saturated carbocycles. The van der Waals surface area contributed by atoms with Crippen LogP contribution in [0.15, 0.2) is 145 Å². The summed E-state index contributed by atoms with van der Waals surface area (Å²) in [4.78, 5) is 41.6. The van der Waals surface area contributed by atoms with Gasteiger partial charge in [0.1, 0.15) is 0 Å². The number of benzene rings is 4. The van der Waals surface area contributed by atoms with Gasteiger partial charge in [-0.3, -0.25) is 0 Å². The Morgan fingerprint density at radius 3 is 0.956 bits per heavy atom. The Morgan fingerprint density at radius 2 is 0.711 bits per heavy atom. The van der Waals surface area contributed by atoms with Crippen LogP contribution in [0.3, 0.4) is 0 Å². The second kappa shape index (κ2) is 20.9. The molecule has 0 N–H and O–H groups in total. The van der Waals surface area contributed by atoms with Crippen molar-refractivity contribution in [2.45, 2.75) is 21.7 Å². The quantitative estimate of drug-likeness (QED) is 0.151. The molecular weight excluding hydrogens is 679 g/mol. The number of carboxylic acid groups (broad SMARTS) is 4. The van der Waals surface area contributed by atoms with Crippen molar-refractivity contribution < 1.29 is 39.6 Å². The molecule has 0 heterocycles. The first kappa shape index (κ1) is 36.2. The standard InChI is InChI=1S/2C11H10O4.2C7H7.Sn/c2*12-10(13)7-9(11(14)15)6-8-4-2-1-3-5-8;2*1-7-5-3-2-4-6-7;/h2*1-5,7H,6H2,(H,12,13)(H,14,15);2*2-6H,1H2;/q;;;;+4/p-4/b2*9-7-;;;. The van der Waals surface area contributed by atoms with Gasteiger partial charge < -0.3 is 39.6 Å². The number of rotatable bonds is 12. The molecule has 0 aliphatic rings. The van der Waals surface area contributed by atoms with Gasteiger partial charge in [0.2, 0.25) is 0 Å². The molecule has 9 heteroatoms. The first-order valence-electron chi connectivity index (χ1n) is 13.8. The minimum atomic E-state index is -1.54. The van der Waals surface area contributed by atoms with E-state index in [2.05, 4.69) is 60.7 Å². The summed E-state index contributed by atoms with van der Waals surface area (Å²) >= 11 is -0.258. The van der Waals surface area contributed by atoms with Crippen LogP contribution in [0, 0.1) is 0 Å². The Kier molecular flexibility index (Phi) is 16.8. The second-order valence-electron chi connectivity index (χ2n) is 9.45. The van der Waals surface area contributed by atoms with Gasteiger partial charge in [0.25, 0.3) is 0 Å². The average Bonchev–Trinajstić information content (AvgIpc) is 3.03. The van der Waals surface area contributed by atoms with Crippen molar-refractivity contribution in [3.63, 3.8) is 0 Å². The van der Waals surface area contributed by atoms with E-state index in [0.717, 1.165) is 0 Å². The molecule has 6 radical (unpaired) electrons. The molecule has 0 spiro atoms. The van der Waals surface area contributed by atoms with Gasteiger partial charge >= 0.3 is 102 Å². The van der Waals surface area contributed by atoms with Crippen LogP contribution >= 0.6 is 0 Å². The molecule has 45 heavy (non-hydrogen) atoms. The molecule has 0 atom stereocenters. The summed E-state index contributed by atoms with van der Waals surface area (Å²) in [6, 6.07) is 39.0. The van der Waals surface area contributed by atoms with Gasteiger partial charge in [-0.2, -0.15) is 0 Å². The van der Waals surface area contributed by atoms with Crippen molar-refractivity contribution >= 4 is 45.0 Å². The topological polar surface area (TPSA) is 161 Å². The van der Waals surface area contributed by atoms with Crippen molar-refractivity contribution in [1.82, 2.24) is 0 Å². The van der Waals surface area contributed by atoms with E-state index in [-0.39, 0.29) is 45.1 Å². The molecule has 0 aliphatic carbocycles. The zero-order chi connectivity index (χ0) is 32.9. The molecule has 4 rings (SSSR count). The Balaban J connectivity index is 0.000000235. The molecule has 0 aliphatic heterocycles. The van der Waals surface area contributed by atoms with Crippen LogP contribution in [0.4, 0.5) is 0 Å². The zero-order valence-electron chi connectivity index (χ0n) is 24.3. The SMILES string of the molecule is O=C([O-])/C=C(/Cc1ccccc1)C(=O)[O-].O=C([O-])/C=C(/Cc1ccccc1)C(=O)[O-].c1ccc([CH2][Sn+4][CH2]c2ccccc2)cc1. The van der Waals surface area contributed by atoms with Crippen molar-refractivity contribution in [2.75, 3.05) is 0 Å². The van der Waals surface area contributed by atoms with Gasteiger partial charge in [-0.1, -0.05) is 60.7 Å². The average molecular weight is 709 g/mol. The summed E-state index contributed by atoms with van der Waals surface area (Å²) in [6.07, 6.45) is 1.11. The third-order valence-corrected chi connectivity index (χ3v) is 9.68. The van der Waals surface area contributed by atoms with Gasteiger partial charge in [-0.15, -0.1) is 0 Å². The normalized spacial score (nSPS) is 10.8. The van der Waals surface area contributed by atoms with E-state index in [1.165, 1.54) is 20.0 Å². The first-order valence-corrected chi connectivity index (χ1v) is 17.8. The first-order chi connectivity index (χ1) is 21.6. The third kappa shape index (κ3) is 16.5. The fourth-order valence-electron chi connectivity index (χ4n) is 3.82. The molecule has 0 saturated heterocycles. The van der Waals surface area contributed by atoms with E-state index in [0.29, 0.717) is 23.3 Å². The number of hydrogen-bond acceptors (Lipinski definition) is 8. The number of carboxylic acids is 4. The fraction of sp³-hybridized carbons (Fsp3) is 0.111. The van der Waals surface area contributed by atoms with E-state index < -0.39 is 23.9 Å². The van der Waals surface area contributed by atoms with Crippen LogP contribution in [0.25, 0.3) is 0 Å². The maximum absolute atomic E-state index is 10.6. The Labute approximate surface area is 272 Å². The summed E-state index contributed by atoms with van der Waals surface area (Å²) in [5.74, 6) is -6.07. The van der Waals surface area contributed by atoms with Gasteiger partial charge in [0.05, 0.1) is 23.9 Å². The Hall–Kier alpha value is -4.96. The predicted molar refractivity (Wildman–Crippen MR) is 163 cm³/mol. The number of carbonyl (C=O) groups is 4. The van der Waals surface area contributed by atoms with Gasteiger partial charge in [0.15, 0.2) is 0 Å².